The number of aliphatic carboxylic acids is 1. The van der Waals surface area contributed by atoms with Gasteiger partial charge in [0.25, 0.3) is 0 Å². The van der Waals surface area contributed by atoms with Crippen molar-refractivity contribution in [3.63, 3.8) is 0 Å². The molecule has 0 heterocycles. The molecule has 1 fully saturated rings. The molecule has 1 aromatic carbocycles. The number of benzene rings is 1. The van der Waals surface area contributed by atoms with Gasteiger partial charge in [0.15, 0.2) is 0 Å². The third-order valence-electron chi connectivity index (χ3n) is 5.21. The van der Waals surface area contributed by atoms with Gasteiger partial charge in [-0.05, 0) is 49.3 Å². The SMILES string of the molecule is CCCCC1CCC(C(=O)Nc2ccc(CC(=O)NCC(=O)O)cc2)CC1. The maximum absolute atomic E-state index is 12.5. The van der Waals surface area contributed by atoms with Gasteiger partial charge in [-0.2, -0.15) is 0 Å². The van der Waals surface area contributed by atoms with Gasteiger partial charge in [0.1, 0.15) is 6.54 Å². The summed E-state index contributed by atoms with van der Waals surface area (Å²) < 4.78 is 0. The molecule has 1 saturated carbocycles. The van der Waals surface area contributed by atoms with E-state index >= 15 is 0 Å². The third kappa shape index (κ3) is 7.41. The summed E-state index contributed by atoms with van der Waals surface area (Å²) in [5, 5.41) is 13.9. The van der Waals surface area contributed by atoms with Crippen molar-refractivity contribution in [1.29, 1.82) is 0 Å². The largest absolute Gasteiger partial charge is 0.480 e. The highest BCUT2D eigenvalue weighted by molar-refractivity contribution is 5.92. The first-order chi connectivity index (χ1) is 13.0. The Hall–Kier alpha value is -2.37. The molecule has 6 nitrogen and oxygen atoms in total. The van der Waals surface area contributed by atoms with Crippen LogP contribution in [0.25, 0.3) is 0 Å². The minimum absolute atomic E-state index is 0.0795. The maximum Gasteiger partial charge on any atom is 0.322 e. The fraction of sp³-hybridized carbons (Fsp3) is 0.571. The molecule has 0 aromatic heterocycles. The monoisotopic (exact) mass is 374 g/mol. The molecule has 6 heteroatoms. The molecule has 1 aliphatic rings. The first kappa shape index (κ1) is 20.9. The average Bonchev–Trinajstić information content (AvgIpc) is 2.66. The van der Waals surface area contributed by atoms with Crippen molar-refractivity contribution < 1.29 is 19.5 Å². The predicted molar refractivity (Wildman–Crippen MR) is 104 cm³/mol. The minimum atomic E-state index is -1.07. The Morgan fingerprint density at radius 3 is 2.33 bits per heavy atom. The van der Waals surface area contributed by atoms with Crippen LogP contribution in [0.2, 0.25) is 0 Å². The Morgan fingerprint density at radius 1 is 1.07 bits per heavy atom. The molecule has 1 aliphatic carbocycles. The van der Waals surface area contributed by atoms with Crippen molar-refractivity contribution in [2.24, 2.45) is 11.8 Å². The van der Waals surface area contributed by atoms with E-state index in [4.69, 9.17) is 5.11 Å². The molecule has 3 N–H and O–H groups in total. The molecule has 2 rings (SSSR count). The molecular formula is C21H30N2O4. The lowest BCUT2D eigenvalue weighted by atomic mass is 9.79. The van der Waals surface area contributed by atoms with E-state index in [1.807, 2.05) is 0 Å². The molecular weight excluding hydrogens is 344 g/mol. The van der Waals surface area contributed by atoms with E-state index < -0.39 is 5.97 Å². The number of unbranched alkanes of at least 4 members (excludes halogenated alkanes) is 1. The molecule has 0 bridgehead atoms. The molecule has 0 spiro atoms. The van der Waals surface area contributed by atoms with Crippen LogP contribution in [0, 0.1) is 11.8 Å². The normalized spacial score (nSPS) is 19.3. The van der Waals surface area contributed by atoms with Gasteiger partial charge in [0, 0.05) is 11.6 Å². The van der Waals surface area contributed by atoms with Gasteiger partial charge >= 0.3 is 5.97 Å². The summed E-state index contributed by atoms with van der Waals surface area (Å²) in [6.45, 7) is 1.83. The van der Waals surface area contributed by atoms with Crippen molar-refractivity contribution in [3.8, 4) is 0 Å². The second-order valence-electron chi connectivity index (χ2n) is 7.39. The number of carboxylic acid groups (broad SMARTS) is 1. The van der Waals surface area contributed by atoms with Crippen LogP contribution in [0.4, 0.5) is 5.69 Å². The first-order valence-corrected chi connectivity index (χ1v) is 9.86. The predicted octanol–water partition coefficient (Wildman–Crippen LogP) is 3.37. The fourth-order valence-electron chi connectivity index (χ4n) is 3.58. The number of carbonyl (C=O) groups is 3. The van der Waals surface area contributed by atoms with Gasteiger partial charge in [-0.1, -0.05) is 38.3 Å². The van der Waals surface area contributed by atoms with Crippen LogP contribution in [0.3, 0.4) is 0 Å². The summed E-state index contributed by atoms with van der Waals surface area (Å²) in [6, 6.07) is 7.12. The zero-order chi connectivity index (χ0) is 19.6. The second-order valence-corrected chi connectivity index (χ2v) is 7.39. The van der Waals surface area contributed by atoms with Crippen LogP contribution in [-0.2, 0) is 20.8 Å². The molecule has 0 atom stereocenters. The van der Waals surface area contributed by atoms with E-state index in [-0.39, 0.29) is 30.7 Å². The summed E-state index contributed by atoms with van der Waals surface area (Å²) in [5.41, 5.74) is 1.50. The van der Waals surface area contributed by atoms with Crippen LogP contribution < -0.4 is 10.6 Å². The van der Waals surface area contributed by atoms with Crippen LogP contribution in [0.15, 0.2) is 24.3 Å². The van der Waals surface area contributed by atoms with Crippen molar-refractivity contribution in [1.82, 2.24) is 5.32 Å². The number of hydrogen-bond donors (Lipinski definition) is 3. The smallest absolute Gasteiger partial charge is 0.322 e. The quantitative estimate of drug-likeness (QED) is 0.617. The highest BCUT2D eigenvalue weighted by Gasteiger charge is 2.25. The van der Waals surface area contributed by atoms with E-state index in [9.17, 15) is 14.4 Å². The Morgan fingerprint density at radius 2 is 1.74 bits per heavy atom. The minimum Gasteiger partial charge on any atom is -0.480 e. The summed E-state index contributed by atoms with van der Waals surface area (Å²) in [7, 11) is 0. The molecule has 0 aliphatic heterocycles. The molecule has 148 valence electrons. The Balaban J connectivity index is 1.76. The standard InChI is InChI=1S/C21H30N2O4/c1-2-3-4-15-5-9-17(10-6-15)21(27)23-18-11-7-16(8-12-18)13-19(24)22-14-20(25)26/h7-8,11-12,15,17H,2-6,9-10,13-14H2,1H3,(H,22,24)(H,23,27)(H,25,26). The van der Waals surface area contributed by atoms with Gasteiger partial charge in [-0.3, -0.25) is 14.4 Å². The Bertz CT molecular complexity index is 634. The van der Waals surface area contributed by atoms with Crippen LogP contribution in [0.1, 0.15) is 57.4 Å². The Labute approximate surface area is 160 Å². The topological polar surface area (TPSA) is 95.5 Å². The van der Waals surface area contributed by atoms with Gasteiger partial charge in [-0.25, -0.2) is 0 Å². The average molecular weight is 374 g/mol. The summed E-state index contributed by atoms with van der Waals surface area (Å²) >= 11 is 0. The number of nitrogens with one attached hydrogen (secondary N) is 2. The van der Waals surface area contributed by atoms with E-state index in [1.54, 1.807) is 24.3 Å². The van der Waals surface area contributed by atoms with Gasteiger partial charge in [0.2, 0.25) is 11.8 Å². The summed E-state index contributed by atoms with van der Waals surface area (Å²) in [4.78, 5) is 34.5. The lowest BCUT2D eigenvalue weighted by molar-refractivity contribution is -0.137. The van der Waals surface area contributed by atoms with Crippen LogP contribution >= 0.6 is 0 Å². The van der Waals surface area contributed by atoms with E-state index in [2.05, 4.69) is 17.6 Å². The molecule has 1 aromatic rings. The molecule has 27 heavy (non-hydrogen) atoms. The first-order valence-electron chi connectivity index (χ1n) is 9.86. The highest BCUT2D eigenvalue weighted by atomic mass is 16.4. The van der Waals surface area contributed by atoms with Gasteiger partial charge < -0.3 is 15.7 Å². The highest BCUT2D eigenvalue weighted by Crippen LogP contribution is 2.32. The summed E-state index contributed by atoms with van der Waals surface area (Å²) in [6.07, 6.45) is 8.12. The van der Waals surface area contributed by atoms with Crippen molar-refractivity contribution in [2.75, 3.05) is 11.9 Å². The van der Waals surface area contributed by atoms with E-state index in [1.165, 1.54) is 19.3 Å². The van der Waals surface area contributed by atoms with Crippen molar-refractivity contribution in [2.45, 2.75) is 58.3 Å². The number of amides is 2. The molecule has 0 radical (unpaired) electrons. The van der Waals surface area contributed by atoms with Crippen LogP contribution in [-0.4, -0.2) is 29.4 Å². The number of carboxylic acids is 1. The Kier molecular flexibility index (Phi) is 8.30. The lowest BCUT2D eigenvalue weighted by Gasteiger charge is -2.27. The molecule has 2 amide bonds. The van der Waals surface area contributed by atoms with Crippen molar-refractivity contribution in [3.05, 3.63) is 29.8 Å². The second kappa shape index (κ2) is 10.7. The number of anilines is 1. The van der Waals surface area contributed by atoms with E-state index in [0.29, 0.717) is 0 Å². The van der Waals surface area contributed by atoms with Crippen LogP contribution in [0.5, 0.6) is 0 Å². The van der Waals surface area contributed by atoms with E-state index in [0.717, 1.165) is 42.9 Å². The lowest BCUT2D eigenvalue weighted by Crippen LogP contribution is -2.30. The van der Waals surface area contributed by atoms with Crippen molar-refractivity contribution >= 4 is 23.5 Å². The number of rotatable bonds is 9. The fourth-order valence-corrected chi connectivity index (χ4v) is 3.58. The number of carbonyl (C=O) groups excluding carboxylic acids is 2. The van der Waals surface area contributed by atoms with Gasteiger partial charge in [-0.15, -0.1) is 0 Å². The number of hydrogen-bond acceptors (Lipinski definition) is 3. The molecule has 0 saturated heterocycles. The summed E-state index contributed by atoms with van der Waals surface area (Å²) in [5.74, 6) is -0.462. The van der Waals surface area contributed by atoms with Gasteiger partial charge in [0.05, 0.1) is 6.42 Å². The zero-order valence-electron chi connectivity index (χ0n) is 16.0. The zero-order valence-corrected chi connectivity index (χ0v) is 16.0. The third-order valence-corrected chi connectivity index (χ3v) is 5.21. The molecule has 0 unspecified atom stereocenters. The maximum atomic E-state index is 12.5.